The molecule has 2 aliphatic rings. The Balaban J connectivity index is 1.60. The van der Waals surface area contributed by atoms with Gasteiger partial charge in [0, 0.05) is 50.9 Å². The highest BCUT2D eigenvalue weighted by Gasteiger charge is 2.45. The molecule has 3 rings (SSSR count). The molecule has 0 bridgehead atoms. The van der Waals surface area contributed by atoms with E-state index < -0.39 is 5.54 Å². The highest BCUT2D eigenvalue weighted by molar-refractivity contribution is 5.87. The summed E-state index contributed by atoms with van der Waals surface area (Å²) >= 11 is 0. The first kappa shape index (κ1) is 18.6. The Bertz CT molecular complexity index is 735. The summed E-state index contributed by atoms with van der Waals surface area (Å²) in [6.07, 6.45) is 2.58. The molecule has 0 radical (unpaired) electrons. The van der Waals surface area contributed by atoms with Crippen molar-refractivity contribution in [2.45, 2.75) is 44.7 Å². The van der Waals surface area contributed by atoms with E-state index in [-0.39, 0.29) is 17.4 Å². The molecule has 2 amide bonds. The number of aromatic nitrogens is 1. The van der Waals surface area contributed by atoms with Crippen molar-refractivity contribution in [1.29, 1.82) is 0 Å². The minimum atomic E-state index is -0.486. The van der Waals surface area contributed by atoms with Gasteiger partial charge in [-0.2, -0.15) is 0 Å². The van der Waals surface area contributed by atoms with E-state index >= 15 is 0 Å². The number of hydrogen-bond acceptors (Lipinski definition) is 4. The summed E-state index contributed by atoms with van der Waals surface area (Å²) in [5, 5.41) is 3.02. The maximum Gasteiger partial charge on any atom is 0.250 e. The number of aryl methyl sites for hydroxylation is 1. The molecule has 0 aromatic carbocycles. The summed E-state index contributed by atoms with van der Waals surface area (Å²) in [6, 6.07) is 5.12. The number of carbonyl (C=O) groups is 2. The van der Waals surface area contributed by atoms with Gasteiger partial charge in [-0.25, -0.2) is 0 Å². The molecule has 1 spiro atoms. The van der Waals surface area contributed by atoms with E-state index in [4.69, 9.17) is 0 Å². The number of nitrogens with zero attached hydrogens (tertiary/aromatic N) is 3. The Morgan fingerprint density at radius 2 is 1.92 bits per heavy atom. The lowest BCUT2D eigenvalue weighted by Gasteiger charge is -2.45. The maximum atomic E-state index is 12.6. The monoisotopic (exact) mass is 360 g/mol. The van der Waals surface area contributed by atoms with E-state index in [2.05, 4.69) is 10.2 Å². The molecule has 1 N–H and O–H groups in total. The Hall–Kier alpha value is -2.15. The van der Waals surface area contributed by atoms with Gasteiger partial charge in [-0.05, 0) is 39.3 Å². The molecule has 1 aromatic heterocycles. The molecule has 3 heterocycles. The Kier molecular flexibility index (Phi) is 5.46. The van der Waals surface area contributed by atoms with Crippen LogP contribution < -0.4 is 10.9 Å². The van der Waals surface area contributed by atoms with Crippen molar-refractivity contribution in [3.05, 3.63) is 34.2 Å². The fraction of sp³-hybridized carbons (Fsp3) is 0.632. The van der Waals surface area contributed by atoms with E-state index in [1.165, 1.54) is 6.07 Å². The molecule has 0 saturated carbocycles. The van der Waals surface area contributed by atoms with Crippen molar-refractivity contribution in [3.8, 4) is 0 Å². The largest absolute Gasteiger partial charge is 0.354 e. The topological polar surface area (TPSA) is 74.6 Å². The van der Waals surface area contributed by atoms with Gasteiger partial charge in [0.15, 0.2) is 0 Å². The minimum absolute atomic E-state index is 0.0479. The first-order chi connectivity index (χ1) is 12.4. The van der Waals surface area contributed by atoms with Crippen LogP contribution in [0.15, 0.2) is 23.0 Å². The molecule has 2 saturated heterocycles. The molecule has 26 heavy (non-hydrogen) atoms. The lowest BCUT2D eigenvalue weighted by atomic mass is 9.85. The van der Waals surface area contributed by atoms with Crippen molar-refractivity contribution in [3.63, 3.8) is 0 Å². The highest BCUT2D eigenvalue weighted by Crippen LogP contribution is 2.30. The van der Waals surface area contributed by atoms with E-state index in [0.29, 0.717) is 38.9 Å². The minimum Gasteiger partial charge on any atom is -0.354 e. The van der Waals surface area contributed by atoms with Gasteiger partial charge >= 0.3 is 0 Å². The zero-order chi connectivity index (χ0) is 18.7. The molecule has 0 atom stereocenters. The van der Waals surface area contributed by atoms with Gasteiger partial charge in [-0.3, -0.25) is 19.3 Å². The first-order valence-corrected chi connectivity index (χ1v) is 9.38. The van der Waals surface area contributed by atoms with Gasteiger partial charge in [-0.1, -0.05) is 6.07 Å². The fourth-order valence-corrected chi connectivity index (χ4v) is 4.08. The van der Waals surface area contributed by atoms with Gasteiger partial charge in [0.05, 0.1) is 0 Å². The van der Waals surface area contributed by atoms with E-state index in [1.807, 2.05) is 24.9 Å². The van der Waals surface area contributed by atoms with E-state index in [9.17, 15) is 14.4 Å². The fourth-order valence-electron chi connectivity index (χ4n) is 4.08. The van der Waals surface area contributed by atoms with Gasteiger partial charge in [0.2, 0.25) is 11.8 Å². The molecule has 2 fully saturated rings. The second-order valence-corrected chi connectivity index (χ2v) is 7.35. The second-order valence-electron chi connectivity index (χ2n) is 7.35. The number of nitrogens with one attached hydrogen (secondary N) is 1. The summed E-state index contributed by atoms with van der Waals surface area (Å²) in [7, 11) is 2.01. The number of likely N-dealkylation sites (N-methyl/N-ethyl adjacent to an activating group) is 1. The van der Waals surface area contributed by atoms with Crippen LogP contribution >= 0.6 is 0 Å². The summed E-state index contributed by atoms with van der Waals surface area (Å²) in [6.45, 7) is 5.05. The molecule has 2 aliphatic heterocycles. The predicted octanol–water partition coefficient (Wildman–Crippen LogP) is 0.360. The molecule has 0 aliphatic carbocycles. The third-order valence-electron chi connectivity index (χ3n) is 5.87. The van der Waals surface area contributed by atoms with Crippen molar-refractivity contribution in [2.24, 2.45) is 0 Å². The molecule has 7 nitrogen and oxygen atoms in total. The zero-order valence-electron chi connectivity index (χ0n) is 15.7. The lowest BCUT2D eigenvalue weighted by Crippen LogP contribution is -2.61. The van der Waals surface area contributed by atoms with Crippen LogP contribution in [0.4, 0.5) is 0 Å². The quantitative estimate of drug-likeness (QED) is 0.845. The van der Waals surface area contributed by atoms with Crippen molar-refractivity contribution < 1.29 is 9.59 Å². The Labute approximate surface area is 154 Å². The molecule has 1 aromatic rings. The third kappa shape index (κ3) is 3.53. The molecular weight excluding hydrogens is 332 g/mol. The normalized spacial score (nSPS) is 20.7. The van der Waals surface area contributed by atoms with Crippen LogP contribution in [0.3, 0.4) is 0 Å². The van der Waals surface area contributed by atoms with Gasteiger partial charge in [0.1, 0.15) is 5.54 Å². The van der Waals surface area contributed by atoms with E-state index in [1.54, 1.807) is 10.6 Å². The standard InChI is InChI=1S/C19H28N4O3/c1-15-5-3-6-17(25)23(15)12-7-16(24)22-13-8-19(9-14-22)18(26)20-10-4-11-21(19)2/h3,5-6H,4,7-14H2,1-2H3,(H,20,26). The number of likely N-dealkylation sites (tertiary alicyclic amines) is 1. The van der Waals surface area contributed by atoms with Crippen LogP contribution in [0.5, 0.6) is 0 Å². The van der Waals surface area contributed by atoms with Crippen LogP contribution in [0, 0.1) is 6.92 Å². The van der Waals surface area contributed by atoms with Gasteiger partial charge in [0.25, 0.3) is 5.56 Å². The van der Waals surface area contributed by atoms with Crippen LogP contribution in [-0.4, -0.2) is 64.9 Å². The Morgan fingerprint density at radius 1 is 1.19 bits per heavy atom. The van der Waals surface area contributed by atoms with Crippen LogP contribution in [0.2, 0.25) is 0 Å². The number of hydrogen-bond donors (Lipinski definition) is 1. The zero-order valence-corrected chi connectivity index (χ0v) is 15.7. The van der Waals surface area contributed by atoms with Gasteiger partial charge in [-0.15, -0.1) is 0 Å². The van der Waals surface area contributed by atoms with Crippen LogP contribution in [0.1, 0.15) is 31.4 Å². The van der Waals surface area contributed by atoms with Crippen molar-refractivity contribution in [2.75, 3.05) is 33.2 Å². The first-order valence-electron chi connectivity index (χ1n) is 9.38. The molecule has 0 unspecified atom stereocenters. The number of rotatable bonds is 3. The van der Waals surface area contributed by atoms with Crippen LogP contribution in [0.25, 0.3) is 0 Å². The smallest absolute Gasteiger partial charge is 0.250 e. The second kappa shape index (κ2) is 7.61. The average Bonchev–Trinajstić information content (AvgIpc) is 2.76. The Morgan fingerprint density at radius 3 is 2.62 bits per heavy atom. The van der Waals surface area contributed by atoms with Crippen LogP contribution in [-0.2, 0) is 16.1 Å². The van der Waals surface area contributed by atoms with Crippen molar-refractivity contribution >= 4 is 11.8 Å². The maximum absolute atomic E-state index is 12.6. The van der Waals surface area contributed by atoms with E-state index in [0.717, 1.165) is 25.2 Å². The highest BCUT2D eigenvalue weighted by atomic mass is 16.2. The summed E-state index contributed by atoms with van der Waals surface area (Å²) in [5.41, 5.74) is 0.298. The average molecular weight is 360 g/mol. The number of carbonyl (C=O) groups excluding carboxylic acids is 2. The number of amides is 2. The molecule has 142 valence electrons. The predicted molar refractivity (Wildman–Crippen MR) is 98.9 cm³/mol. The molecule has 7 heteroatoms. The SMILES string of the molecule is Cc1cccc(=O)n1CCC(=O)N1CCC2(CC1)C(=O)NCCCN2C. The number of piperidine rings is 1. The molecular formula is C19H28N4O3. The summed E-state index contributed by atoms with van der Waals surface area (Å²) in [4.78, 5) is 41.1. The summed E-state index contributed by atoms with van der Waals surface area (Å²) in [5.74, 6) is 0.141. The number of pyridine rings is 1. The third-order valence-corrected chi connectivity index (χ3v) is 5.87. The van der Waals surface area contributed by atoms with Crippen molar-refractivity contribution in [1.82, 2.24) is 19.7 Å². The lowest BCUT2D eigenvalue weighted by molar-refractivity contribution is -0.141. The van der Waals surface area contributed by atoms with Gasteiger partial charge < -0.3 is 14.8 Å². The summed E-state index contributed by atoms with van der Waals surface area (Å²) < 4.78 is 1.63.